The van der Waals surface area contributed by atoms with E-state index in [1.807, 2.05) is 0 Å². The summed E-state index contributed by atoms with van der Waals surface area (Å²) in [7, 11) is 1.50. The second-order valence-corrected chi connectivity index (χ2v) is 1.03. The Morgan fingerprint density at radius 3 is 2.57 bits per heavy atom. The quantitative estimate of drug-likeness (QED) is 0.417. The van der Waals surface area contributed by atoms with Gasteiger partial charge in [0.25, 0.3) is 0 Å². The zero-order valence-electron chi connectivity index (χ0n) is 4.22. The van der Waals surface area contributed by atoms with Crippen molar-refractivity contribution in [2.45, 2.75) is 0 Å². The van der Waals surface area contributed by atoms with Gasteiger partial charge in [-0.3, -0.25) is 0 Å². The molecular formula is C5H8O2. The first-order chi connectivity index (χ1) is 3.27. The minimum Gasteiger partial charge on any atom is -0.508 e. The molecule has 0 rings (SSSR count). The maximum absolute atomic E-state index is 8.32. The average Bonchev–Trinajstić information content (AvgIpc) is 1.61. The number of methoxy groups -OCH3 is 1. The van der Waals surface area contributed by atoms with Gasteiger partial charge in [0.05, 0.1) is 13.4 Å². The molecule has 0 aliphatic carbocycles. The number of aliphatic hydroxyl groups is 1. The summed E-state index contributed by atoms with van der Waals surface area (Å²) in [5, 5.41) is 8.32. The van der Waals surface area contributed by atoms with E-state index in [-0.39, 0.29) is 5.76 Å². The van der Waals surface area contributed by atoms with Gasteiger partial charge in [-0.25, -0.2) is 0 Å². The summed E-state index contributed by atoms with van der Waals surface area (Å²) in [5.41, 5.74) is 0. The number of rotatable bonds is 2. The Morgan fingerprint density at radius 1 is 1.86 bits per heavy atom. The fraction of sp³-hybridized carbons (Fsp3) is 0.200. The van der Waals surface area contributed by atoms with Crippen LogP contribution >= 0.6 is 0 Å². The molecule has 0 fully saturated rings. The molecule has 2 heteroatoms. The first kappa shape index (κ1) is 6.08. The van der Waals surface area contributed by atoms with E-state index >= 15 is 0 Å². The van der Waals surface area contributed by atoms with Crippen LogP contribution in [0.15, 0.2) is 24.7 Å². The van der Waals surface area contributed by atoms with Gasteiger partial charge in [0, 0.05) is 6.08 Å². The minimum atomic E-state index is 0.00171. The van der Waals surface area contributed by atoms with Crippen LogP contribution < -0.4 is 0 Å². The van der Waals surface area contributed by atoms with Gasteiger partial charge in [-0.1, -0.05) is 6.58 Å². The van der Waals surface area contributed by atoms with Crippen LogP contribution in [-0.2, 0) is 4.74 Å². The average molecular weight is 100 g/mol. The Morgan fingerprint density at radius 2 is 2.43 bits per heavy atom. The molecule has 0 bridgehead atoms. The predicted molar refractivity (Wildman–Crippen MR) is 27.9 cm³/mol. The van der Waals surface area contributed by atoms with Crippen LogP contribution in [0.25, 0.3) is 0 Å². The first-order valence-electron chi connectivity index (χ1n) is 1.84. The monoisotopic (exact) mass is 100 g/mol. The van der Waals surface area contributed by atoms with Crippen molar-refractivity contribution in [1.82, 2.24) is 0 Å². The van der Waals surface area contributed by atoms with E-state index in [1.165, 1.54) is 19.4 Å². The lowest BCUT2D eigenvalue weighted by Crippen LogP contribution is -1.68. The molecule has 0 heterocycles. The normalized spacial score (nSPS) is 9.29. The first-order valence-corrected chi connectivity index (χ1v) is 1.84. The Labute approximate surface area is 42.7 Å². The fourth-order valence-electron chi connectivity index (χ4n) is 0.147. The molecule has 40 valence electrons. The number of aliphatic hydroxyl groups excluding tert-OH is 1. The summed E-state index contributed by atoms with van der Waals surface area (Å²) in [4.78, 5) is 0. The van der Waals surface area contributed by atoms with E-state index in [0.29, 0.717) is 0 Å². The molecule has 0 aliphatic rings. The molecule has 0 spiro atoms. The molecule has 7 heavy (non-hydrogen) atoms. The molecule has 0 radical (unpaired) electrons. The highest BCUT2D eigenvalue weighted by Gasteiger charge is 1.70. The van der Waals surface area contributed by atoms with Crippen molar-refractivity contribution < 1.29 is 9.84 Å². The van der Waals surface area contributed by atoms with Crippen molar-refractivity contribution in [2.75, 3.05) is 7.11 Å². The van der Waals surface area contributed by atoms with Crippen molar-refractivity contribution in [3.63, 3.8) is 0 Å². The number of hydrogen-bond acceptors (Lipinski definition) is 2. The molecular weight excluding hydrogens is 92.1 g/mol. The molecule has 0 aromatic heterocycles. The molecule has 0 atom stereocenters. The molecule has 0 saturated carbocycles. The van der Waals surface area contributed by atoms with Crippen LogP contribution in [0.2, 0.25) is 0 Å². The largest absolute Gasteiger partial charge is 0.508 e. The zero-order chi connectivity index (χ0) is 5.70. The summed E-state index contributed by atoms with van der Waals surface area (Å²) >= 11 is 0. The molecule has 0 aromatic rings. The topological polar surface area (TPSA) is 29.5 Å². The molecule has 0 aliphatic heterocycles. The maximum atomic E-state index is 8.32. The van der Waals surface area contributed by atoms with Crippen LogP contribution in [0.4, 0.5) is 0 Å². The van der Waals surface area contributed by atoms with E-state index in [4.69, 9.17) is 5.11 Å². The maximum Gasteiger partial charge on any atom is 0.111 e. The lowest BCUT2D eigenvalue weighted by molar-refractivity contribution is 0.333. The van der Waals surface area contributed by atoms with Crippen LogP contribution in [0.5, 0.6) is 0 Å². The molecule has 0 amide bonds. The summed E-state index contributed by atoms with van der Waals surface area (Å²) < 4.78 is 4.45. The Hall–Kier alpha value is -0.920. The van der Waals surface area contributed by atoms with Gasteiger partial charge in [-0.2, -0.15) is 0 Å². The highest BCUT2D eigenvalue weighted by molar-refractivity contribution is 5.01. The van der Waals surface area contributed by atoms with Crippen LogP contribution in [-0.4, -0.2) is 12.2 Å². The highest BCUT2D eigenvalue weighted by atomic mass is 16.5. The highest BCUT2D eigenvalue weighted by Crippen LogP contribution is 1.82. The minimum absolute atomic E-state index is 0.00171. The van der Waals surface area contributed by atoms with Crippen LogP contribution in [0.3, 0.4) is 0 Å². The van der Waals surface area contributed by atoms with Crippen LogP contribution in [0, 0.1) is 0 Å². The van der Waals surface area contributed by atoms with Crippen molar-refractivity contribution >= 4 is 0 Å². The summed E-state index contributed by atoms with van der Waals surface area (Å²) in [6.07, 6.45) is 2.71. The second kappa shape index (κ2) is 3.28. The lowest BCUT2D eigenvalue weighted by Gasteiger charge is -1.83. The third-order valence-corrected chi connectivity index (χ3v) is 0.397. The summed E-state index contributed by atoms with van der Waals surface area (Å²) in [6, 6.07) is 0. The van der Waals surface area contributed by atoms with Gasteiger partial charge < -0.3 is 9.84 Å². The van der Waals surface area contributed by atoms with Gasteiger partial charge >= 0.3 is 0 Å². The van der Waals surface area contributed by atoms with Gasteiger partial charge in [0.1, 0.15) is 5.76 Å². The van der Waals surface area contributed by atoms with Crippen molar-refractivity contribution in [3.05, 3.63) is 24.7 Å². The van der Waals surface area contributed by atoms with E-state index in [1.54, 1.807) is 0 Å². The van der Waals surface area contributed by atoms with Crippen molar-refractivity contribution in [2.24, 2.45) is 0 Å². The summed E-state index contributed by atoms with van der Waals surface area (Å²) in [6.45, 7) is 3.18. The Bertz CT molecular complexity index is 84.1. The lowest BCUT2D eigenvalue weighted by atomic mass is 10.5. The molecule has 0 aromatic carbocycles. The zero-order valence-corrected chi connectivity index (χ0v) is 4.22. The smallest absolute Gasteiger partial charge is 0.111 e. The summed E-state index contributed by atoms with van der Waals surface area (Å²) in [5.74, 6) is 0.00171. The number of hydrogen-bond donors (Lipinski definition) is 1. The van der Waals surface area contributed by atoms with Crippen molar-refractivity contribution in [1.29, 1.82) is 0 Å². The molecule has 2 nitrogen and oxygen atoms in total. The predicted octanol–water partition coefficient (Wildman–Crippen LogP) is 1.22. The second-order valence-electron chi connectivity index (χ2n) is 1.03. The third-order valence-electron chi connectivity index (χ3n) is 0.397. The van der Waals surface area contributed by atoms with Gasteiger partial charge in [-0.15, -0.1) is 0 Å². The Balaban J connectivity index is 3.26. The number of allylic oxidation sites excluding steroid dienone is 1. The van der Waals surface area contributed by atoms with Gasteiger partial charge in [0.2, 0.25) is 0 Å². The van der Waals surface area contributed by atoms with E-state index in [2.05, 4.69) is 11.3 Å². The standard InChI is InChI=1S/C5H8O2/c1-5(6)3-4-7-2/h3-4,6H,1H2,2H3. The van der Waals surface area contributed by atoms with E-state index < -0.39 is 0 Å². The van der Waals surface area contributed by atoms with E-state index in [0.717, 1.165) is 0 Å². The molecule has 0 unspecified atom stereocenters. The molecule has 1 N–H and O–H groups in total. The van der Waals surface area contributed by atoms with Gasteiger partial charge in [0.15, 0.2) is 0 Å². The SMILES string of the molecule is C=C(O)C=COC. The van der Waals surface area contributed by atoms with E-state index in [9.17, 15) is 0 Å². The number of ether oxygens (including phenoxy) is 1. The van der Waals surface area contributed by atoms with Crippen molar-refractivity contribution in [3.8, 4) is 0 Å². The van der Waals surface area contributed by atoms with Crippen LogP contribution in [0.1, 0.15) is 0 Å². The third kappa shape index (κ3) is 5.08. The van der Waals surface area contributed by atoms with Gasteiger partial charge in [-0.05, 0) is 0 Å². The fourth-order valence-corrected chi connectivity index (χ4v) is 0.147. The Kier molecular flexibility index (Phi) is 2.85. The molecule has 0 saturated heterocycles.